The van der Waals surface area contributed by atoms with Crippen molar-refractivity contribution in [2.45, 2.75) is 6.29 Å². The highest BCUT2D eigenvalue weighted by Gasteiger charge is 2.37. The minimum atomic E-state index is -4.87. The monoisotopic (exact) mass is 261 g/mol. The molecule has 1 aromatic carbocycles. The van der Waals surface area contributed by atoms with Gasteiger partial charge in [0.1, 0.15) is 11.4 Å². The predicted octanol–water partition coefficient (Wildman–Crippen LogP) is -0.0533. The molecule has 0 fully saturated rings. The van der Waals surface area contributed by atoms with Crippen LogP contribution in [-0.2, 0) is 19.4 Å². The van der Waals surface area contributed by atoms with Crippen molar-refractivity contribution in [2.75, 3.05) is 5.06 Å². The predicted molar refractivity (Wildman–Crippen MR) is 52.8 cm³/mol. The molecule has 92 valence electrons. The van der Waals surface area contributed by atoms with E-state index in [2.05, 4.69) is 4.18 Å². The van der Waals surface area contributed by atoms with E-state index in [1.54, 1.807) is 12.1 Å². The van der Waals surface area contributed by atoms with Gasteiger partial charge in [-0.25, -0.2) is 0 Å². The highest BCUT2D eigenvalue weighted by atomic mass is 32.3. The van der Waals surface area contributed by atoms with Crippen LogP contribution in [0.1, 0.15) is 0 Å². The van der Waals surface area contributed by atoms with Gasteiger partial charge >= 0.3 is 16.3 Å². The smallest absolute Gasteiger partial charge is 0.401 e. The lowest BCUT2D eigenvalue weighted by molar-refractivity contribution is -0.145. The molecule has 1 aromatic rings. The van der Waals surface area contributed by atoms with Crippen molar-refractivity contribution < 1.29 is 31.9 Å². The number of carbonyl (C=O) groups excluding carboxylic acids is 1. The minimum absolute atomic E-state index is 0.0447. The molecule has 9 heteroatoms. The maximum Gasteiger partial charge on any atom is 0.401 e. The molecule has 0 unspecified atom stereocenters. The number of hydroxylamine groups is 1. The summed E-state index contributed by atoms with van der Waals surface area (Å²) in [5.41, 5.74) is 0.0488. The Hall–Kier alpha value is -1.68. The lowest BCUT2D eigenvalue weighted by Gasteiger charge is -2.28. The summed E-state index contributed by atoms with van der Waals surface area (Å²) in [6.07, 6.45) is -1.95. The Bertz CT molecular complexity index is 555. The van der Waals surface area contributed by atoms with E-state index in [0.29, 0.717) is 0 Å². The highest BCUT2D eigenvalue weighted by Crippen LogP contribution is 2.32. The zero-order chi connectivity index (χ0) is 12.6. The summed E-state index contributed by atoms with van der Waals surface area (Å²) in [6.45, 7) is 0. The largest absolute Gasteiger partial charge is 0.452 e. The molecular weight excluding hydrogens is 254 g/mol. The number of anilines is 1. The second-order valence-corrected chi connectivity index (χ2v) is 4.14. The summed E-state index contributed by atoms with van der Waals surface area (Å²) >= 11 is 0. The lowest BCUT2D eigenvalue weighted by atomic mass is 10.2. The first-order valence-corrected chi connectivity index (χ1v) is 5.69. The Morgan fingerprint density at radius 2 is 2.00 bits per heavy atom. The van der Waals surface area contributed by atoms with Crippen LogP contribution >= 0.6 is 0 Å². The summed E-state index contributed by atoms with van der Waals surface area (Å²) in [4.78, 5) is 11.4. The van der Waals surface area contributed by atoms with Crippen LogP contribution in [0.3, 0.4) is 0 Å². The zero-order valence-corrected chi connectivity index (χ0v) is 8.99. The average Bonchev–Trinajstić information content (AvgIpc) is 2.24. The first kappa shape index (κ1) is 11.8. The van der Waals surface area contributed by atoms with Crippen molar-refractivity contribution >= 4 is 22.0 Å². The van der Waals surface area contributed by atoms with Gasteiger partial charge in [-0.3, -0.25) is 14.6 Å². The molecule has 1 amide bonds. The molecule has 2 N–H and O–H groups in total. The third-order valence-electron chi connectivity index (χ3n) is 1.95. The first-order valence-electron chi connectivity index (χ1n) is 4.33. The van der Waals surface area contributed by atoms with Crippen LogP contribution in [0.15, 0.2) is 24.3 Å². The quantitative estimate of drug-likeness (QED) is 0.566. The van der Waals surface area contributed by atoms with Crippen LogP contribution < -0.4 is 9.80 Å². The van der Waals surface area contributed by atoms with Crippen LogP contribution in [0.25, 0.3) is 0 Å². The van der Waals surface area contributed by atoms with E-state index in [4.69, 9.17) is 9.29 Å². The molecule has 2 rings (SSSR count). The summed E-state index contributed by atoms with van der Waals surface area (Å²) in [5.74, 6) is -1.12. The zero-order valence-electron chi connectivity index (χ0n) is 8.18. The van der Waals surface area contributed by atoms with E-state index in [0.717, 1.165) is 0 Å². The summed E-state index contributed by atoms with van der Waals surface area (Å²) in [6, 6.07) is 5.87. The van der Waals surface area contributed by atoms with Crippen molar-refractivity contribution in [1.29, 1.82) is 0 Å². The fraction of sp³-hybridized carbons (Fsp3) is 0.125. The maximum absolute atomic E-state index is 11.4. The van der Waals surface area contributed by atoms with E-state index in [1.807, 2.05) is 0 Å². The molecule has 0 saturated carbocycles. The molecule has 0 radical (unpaired) electrons. The summed E-state index contributed by atoms with van der Waals surface area (Å²) in [5, 5.41) is 9.63. The Labute approximate surface area is 95.9 Å². The van der Waals surface area contributed by atoms with Gasteiger partial charge in [-0.15, -0.1) is 0 Å². The number of amides is 1. The van der Waals surface area contributed by atoms with Gasteiger partial charge in [0.2, 0.25) is 0 Å². The van der Waals surface area contributed by atoms with Crippen LogP contribution in [-0.4, -0.2) is 30.4 Å². The Morgan fingerprint density at radius 3 is 2.65 bits per heavy atom. The van der Waals surface area contributed by atoms with Crippen molar-refractivity contribution in [1.82, 2.24) is 0 Å². The summed E-state index contributed by atoms with van der Waals surface area (Å²) < 4.78 is 38.2. The number of fused-ring (bicyclic) bond motifs is 1. The SMILES string of the molecule is O=C1[C@@H](OS(=O)(=O)O)Oc2ccccc2N1O. The molecule has 0 aromatic heterocycles. The van der Waals surface area contributed by atoms with Crippen LogP contribution in [0.5, 0.6) is 5.75 Å². The highest BCUT2D eigenvalue weighted by molar-refractivity contribution is 7.80. The van der Waals surface area contributed by atoms with Crippen LogP contribution in [0.2, 0.25) is 0 Å². The molecule has 1 atom stereocenters. The molecule has 0 aliphatic carbocycles. The number of benzene rings is 1. The molecule has 1 heterocycles. The number of carbonyl (C=O) groups is 1. The number of hydrogen-bond donors (Lipinski definition) is 2. The third-order valence-corrected chi connectivity index (χ3v) is 2.36. The molecule has 0 saturated heterocycles. The molecule has 1 aliphatic rings. The molecule has 1 aliphatic heterocycles. The van der Waals surface area contributed by atoms with Gasteiger partial charge in [0.15, 0.2) is 0 Å². The second-order valence-electron chi connectivity index (χ2n) is 3.09. The molecule has 0 bridgehead atoms. The van der Waals surface area contributed by atoms with Gasteiger partial charge in [-0.1, -0.05) is 12.1 Å². The van der Waals surface area contributed by atoms with Gasteiger partial charge in [0, 0.05) is 0 Å². The van der Waals surface area contributed by atoms with Crippen molar-refractivity contribution in [3.63, 3.8) is 0 Å². The number of para-hydroxylation sites is 2. The van der Waals surface area contributed by atoms with E-state index >= 15 is 0 Å². The van der Waals surface area contributed by atoms with Gasteiger partial charge < -0.3 is 4.74 Å². The fourth-order valence-electron chi connectivity index (χ4n) is 1.29. The van der Waals surface area contributed by atoms with E-state index in [9.17, 15) is 18.4 Å². The number of nitrogens with zero attached hydrogens (tertiary/aromatic N) is 1. The van der Waals surface area contributed by atoms with Gasteiger partial charge in [0.05, 0.1) is 0 Å². The normalized spacial score (nSPS) is 19.8. The van der Waals surface area contributed by atoms with Gasteiger partial charge in [-0.05, 0) is 12.1 Å². The number of rotatable bonds is 2. The molecular formula is C8H7NO7S. The number of hydrogen-bond acceptors (Lipinski definition) is 6. The van der Waals surface area contributed by atoms with E-state index < -0.39 is 22.6 Å². The standard InChI is InChI=1S/C8H7NO7S/c10-7-8(16-17(12,13)14)15-6-4-2-1-3-5(6)9(7)11/h1-4,8,11H,(H,12,13,14)/t8-/m1/s1. The third kappa shape index (κ3) is 2.36. The van der Waals surface area contributed by atoms with Crippen molar-refractivity contribution in [3.05, 3.63) is 24.3 Å². The van der Waals surface area contributed by atoms with Crippen molar-refractivity contribution in [3.8, 4) is 5.75 Å². The van der Waals surface area contributed by atoms with E-state index in [1.165, 1.54) is 12.1 Å². The molecule has 8 nitrogen and oxygen atoms in total. The second kappa shape index (κ2) is 3.96. The molecule has 17 heavy (non-hydrogen) atoms. The summed E-state index contributed by atoms with van der Waals surface area (Å²) in [7, 11) is -4.87. The fourth-order valence-corrected chi connectivity index (χ4v) is 1.63. The maximum atomic E-state index is 11.4. The molecule has 0 spiro atoms. The lowest BCUT2D eigenvalue weighted by Crippen LogP contribution is -2.46. The first-order chi connectivity index (χ1) is 7.88. The van der Waals surface area contributed by atoms with Crippen LogP contribution in [0.4, 0.5) is 5.69 Å². The topological polar surface area (TPSA) is 113 Å². The Morgan fingerprint density at radius 1 is 1.35 bits per heavy atom. The Kier molecular flexibility index (Phi) is 2.75. The van der Waals surface area contributed by atoms with Gasteiger partial charge in [-0.2, -0.15) is 17.7 Å². The minimum Gasteiger partial charge on any atom is -0.452 e. The van der Waals surface area contributed by atoms with Gasteiger partial charge in [0.25, 0.3) is 6.29 Å². The van der Waals surface area contributed by atoms with Crippen molar-refractivity contribution in [2.24, 2.45) is 0 Å². The van der Waals surface area contributed by atoms with Crippen LogP contribution in [0, 0.1) is 0 Å². The number of ether oxygens (including phenoxy) is 1. The van der Waals surface area contributed by atoms with E-state index in [-0.39, 0.29) is 16.5 Å². The Balaban J connectivity index is 2.34. The average molecular weight is 261 g/mol.